The summed E-state index contributed by atoms with van der Waals surface area (Å²) in [6.45, 7) is 3.50. The highest BCUT2D eigenvalue weighted by Gasteiger charge is 2.14. The van der Waals surface area contributed by atoms with Crippen LogP contribution in [-0.4, -0.2) is 36.1 Å². The third kappa shape index (κ3) is 7.38. The predicted octanol–water partition coefficient (Wildman–Crippen LogP) is 3.81. The number of carbonyl (C=O) groups is 3. The minimum absolute atomic E-state index is 0.0451. The summed E-state index contributed by atoms with van der Waals surface area (Å²) in [5.41, 5.74) is 6.99. The van der Waals surface area contributed by atoms with Gasteiger partial charge in [-0.3, -0.25) is 25.2 Å². The van der Waals surface area contributed by atoms with Gasteiger partial charge in [0, 0.05) is 16.5 Å². The van der Waals surface area contributed by atoms with Crippen LogP contribution < -0.4 is 20.9 Å². The molecule has 0 spiro atoms. The zero-order chi connectivity index (χ0) is 24.3. The Morgan fingerprint density at radius 3 is 2.26 bits per heavy atom. The zero-order valence-corrected chi connectivity index (χ0v) is 19.9. The first-order valence-corrected chi connectivity index (χ1v) is 11.8. The van der Waals surface area contributed by atoms with E-state index in [1.54, 1.807) is 30.3 Å². The number of nitrogens with one attached hydrogen (secondary N) is 3. The second kappa shape index (κ2) is 12.5. The molecule has 0 heterocycles. The molecule has 7 nitrogen and oxygen atoms in total. The summed E-state index contributed by atoms with van der Waals surface area (Å²) in [4.78, 5) is 37.5. The molecule has 3 aromatic rings. The zero-order valence-electron chi connectivity index (χ0n) is 19.0. The lowest BCUT2D eigenvalue weighted by Gasteiger charge is -2.13. The van der Waals surface area contributed by atoms with Gasteiger partial charge in [-0.05, 0) is 37.6 Å². The molecule has 3 amide bonds. The van der Waals surface area contributed by atoms with Gasteiger partial charge >= 0.3 is 0 Å². The fourth-order valence-electron chi connectivity index (χ4n) is 3.11. The van der Waals surface area contributed by atoms with E-state index in [0.717, 1.165) is 11.1 Å². The van der Waals surface area contributed by atoms with Crippen LogP contribution >= 0.6 is 11.8 Å². The second-order valence-corrected chi connectivity index (χ2v) is 8.68. The molecule has 0 aromatic heterocycles. The SMILES string of the molecule is CC(C)NC(=O)CSc1ccccc1C(=O)NNC(=O)COc1ccccc1-c1ccccc1. The number of hydrogen-bond acceptors (Lipinski definition) is 5. The van der Waals surface area contributed by atoms with E-state index in [-0.39, 0.29) is 24.3 Å². The van der Waals surface area contributed by atoms with Crippen molar-refractivity contribution in [2.24, 2.45) is 0 Å². The predicted molar refractivity (Wildman–Crippen MR) is 133 cm³/mol. The standard InChI is InChI=1S/C26H27N3O4S/c1-18(2)27-25(31)17-34-23-15-9-7-13-21(23)26(32)29-28-24(30)16-33-22-14-8-6-12-20(22)19-10-4-3-5-11-19/h3-15,18H,16-17H2,1-2H3,(H,27,31)(H,28,30)(H,29,32). The molecule has 0 unspecified atom stereocenters. The molecular weight excluding hydrogens is 450 g/mol. The minimum atomic E-state index is -0.502. The Hall–Kier alpha value is -3.78. The third-order valence-electron chi connectivity index (χ3n) is 4.59. The van der Waals surface area contributed by atoms with E-state index >= 15 is 0 Å². The fraction of sp³-hybridized carbons (Fsp3) is 0.192. The van der Waals surface area contributed by atoms with Crippen molar-refractivity contribution in [3.8, 4) is 16.9 Å². The molecule has 8 heteroatoms. The molecule has 0 aliphatic rings. The van der Waals surface area contributed by atoms with E-state index < -0.39 is 11.8 Å². The summed E-state index contributed by atoms with van der Waals surface area (Å²) in [6.07, 6.45) is 0. The Balaban J connectivity index is 1.54. The number of benzene rings is 3. The molecule has 3 N–H and O–H groups in total. The lowest BCUT2D eigenvalue weighted by Crippen LogP contribution is -2.44. The molecule has 3 rings (SSSR count). The van der Waals surface area contributed by atoms with E-state index in [4.69, 9.17) is 4.74 Å². The molecule has 3 aromatic carbocycles. The van der Waals surface area contributed by atoms with E-state index in [0.29, 0.717) is 16.2 Å². The van der Waals surface area contributed by atoms with Crippen molar-refractivity contribution in [1.82, 2.24) is 16.2 Å². The Kier molecular flexibility index (Phi) is 9.11. The monoisotopic (exact) mass is 477 g/mol. The van der Waals surface area contributed by atoms with Crippen molar-refractivity contribution in [1.29, 1.82) is 0 Å². The van der Waals surface area contributed by atoms with Gasteiger partial charge in [-0.2, -0.15) is 0 Å². The fourth-order valence-corrected chi connectivity index (χ4v) is 3.97. The summed E-state index contributed by atoms with van der Waals surface area (Å²) >= 11 is 1.26. The van der Waals surface area contributed by atoms with Gasteiger partial charge in [0.15, 0.2) is 6.61 Å². The van der Waals surface area contributed by atoms with Gasteiger partial charge in [0.05, 0.1) is 11.3 Å². The number of para-hydroxylation sites is 1. The van der Waals surface area contributed by atoms with Crippen molar-refractivity contribution >= 4 is 29.5 Å². The lowest BCUT2D eigenvalue weighted by atomic mass is 10.1. The summed E-state index contributed by atoms with van der Waals surface area (Å²) in [6, 6.07) is 24.1. The van der Waals surface area contributed by atoms with Crippen LogP contribution in [0.1, 0.15) is 24.2 Å². The Labute approximate surface area is 203 Å². The first-order valence-electron chi connectivity index (χ1n) is 10.8. The average molecular weight is 478 g/mol. The second-order valence-electron chi connectivity index (χ2n) is 7.66. The van der Waals surface area contributed by atoms with Crippen molar-refractivity contribution in [2.45, 2.75) is 24.8 Å². The van der Waals surface area contributed by atoms with Crippen molar-refractivity contribution < 1.29 is 19.1 Å². The maximum atomic E-state index is 12.6. The molecular formula is C26H27N3O4S. The van der Waals surface area contributed by atoms with E-state index in [1.807, 2.05) is 62.4 Å². The maximum absolute atomic E-state index is 12.6. The van der Waals surface area contributed by atoms with E-state index in [2.05, 4.69) is 16.2 Å². The van der Waals surface area contributed by atoms with Gasteiger partial charge in [-0.25, -0.2) is 0 Å². The van der Waals surface area contributed by atoms with Crippen molar-refractivity contribution in [3.63, 3.8) is 0 Å². The minimum Gasteiger partial charge on any atom is -0.483 e. The first-order chi connectivity index (χ1) is 16.4. The van der Waals surface area contributed by atoms with Crippen LogP contribution in [0.15, 0.2) is 83.8 Å². The normalized spacial score (nSPS) is 10.4. The molecule has 0 saturated carbocycles. The van der Waals surface area contributed by atoms with Crippen LogP contribution in [0, 0.1) is 0 Å². The highest BCUT2D eigenvalue weighted by molar-refractivity contribution is 8.00. The van der Waals surface area contributed by atoms with Crippen LogP contribution in [0.4, 0.5) is 0 Å². The van der Waals surface area contributed by atoms with Crippen molar-refractivity contribution in [2.75, 3.05) is 12.4 Å². The van der Waals surface area contributed by atoms with Gasteiger partial charge in [0.1, 0.15) is 5.75 Å². The summed E-state index contributed by atoms with van der Waals surface area (Å²) in [5, 5.41) is 2.81. The summed E-state index contributed by atoms with van der Waals surface area (Å²) in [7, 11) is 0. The van der Waals surface area contributed by atoms with Crippen LogP contribution in [-0.2, 0) is 9.59 Å². The van der Waals surface area contributed by atoms with Gasteiger partial charge in [-0.15, -0.1) is 11.8 Å². The molecule has 0 aliphatic heterocycles. The molecule has 0 bridgehead atoms. The van der Waals surface area contributed by atoms with Crippen LogP contribution in [0.3, 0.4) is 0 Å². The van der Waals surface area contributed by atoms with Gasteiger partial charge in [0.2, 0.25) is 5.91 Å². The highest BCUT2D eigenvalue weighted by Crippen LogP contribution is 2.29. The molecule has 0 saturated heterocycles. The van der Waals surface area contributed by atoms with Gasteiger partial charge < -0.3 is 10.1 Å². The lowest BCUT2D eigenvalue weighted by molar-refractivity contribution is -0.124. The summed E-state index contributed by atoms with van der Waals surface area (Å²) in [5.74, 6) is -0.347. The number of ether oxygens (including phenoxy) is 1. The summed E-state index contributed by atoms with van der Waals surface area (Å²) < 4.78 is 5.70. The number of thioether (sulfide) groups is 1. The van der Waals surface area contributed by atoms with E-state index in [9.17, 15) is 14.4 Å². The van der Waals surface area contributed by atoms with E-state index in [1.165, 1.54) is 11.8 Å². The van der Waals surface area contributed by atoms with Crippen LogP contribution in [0.25, 0.3) is 11.1 Å². The Morgan fingerprint density at radius 2 is 1.50 bits per heavy atom. The van der Waals surface area contributed by atoms with Crippen LogP contribution in [0.5, 0.6) is 5.75 Å². The topological polar surface area (TPSA) is 96.5 Å². The number of amides is 3. The number of hydrogen-bond donors (Lipinski definition) is 3. The highest BCUT2D eigenvalue weighted by atomic mass is 32.2. The molecule has 0 aliphatic carbocycles. The van der Waals surface area contributed by atoms with Crippen molar-refractivity contribution in [3.05, 3.63) is 84.4 Å². The van der Waals surface area contributed by atoms with Crippen LogP contribution in [0.2, 0.25) is 0 Å². The van der Waals surface area contributed by atoms with Gasteiger partial charge in [0.25, 0.3) is 11.8 Å². The number of hydrazine groups is 1. The molecule has 34 heavy (non-hydrogen) atoms. The maximum Gasteiger partial charge on any atom is 0.276 e. The largest absolute Gasteiger partial charge is 0.483 e. The smallest absolute Gasteiger partial charge is 0.276 e. The first kappa shape index (κ1) is 24.9. The molecule has 176 valence electrons. The number of rotatable bonds is 9. The Morgan fingerprint density at radius 1 is 0.824 bits per heavy atom. The van der Waals surface area contributed by atoms with Gasteiger partial charge in [-0.1, -0.05) is 60.7 Å². The quantitative estimate of drug-likeness (QED) is 0.322. The molecule has 0 radical (unpaired) electrons. The molecule has 0 fully saturated rings. The third-order valence-corrected chi connectivity index (χ3v) is 5.66. The molecule has 0 atom stereocenters. The number of carbonyl (C=O) groups excluding carboxylic acids is 3. The Bertz CT molecular complexity index is 1140. The average Bonchev–Trinajstić information content (AvgIpc) is 2.85.